The Bertz CT molecular complexity index is 444. The highest BCUT2D eigenvalue weighted by atomic mass is 79.9. The maximum Gasteiger partial charge on any atom is 0.262 e. The molecule has 0 radical (unpaired) electrons. The van der Waals surface area contributed by atoms with E-state index in [1.807, 2.05) is 0 Å². The molecule has 84 valence electrons. The molecule has 0 aromatic heterocycles. The van der Waals surface area contributed by atoms with E-state index < -0.39 is 23.5 Å². The lowest BCUT2D eigenvalue weighted by atomic mass is 9.98. The van der Waals surface area contributed by atoms with Crippen molar-refractivity contribution in [1.29, 1.82) is 0 Å². The summed E-state index contributed by atoms with van der Waals surface area (Å²) in [6.45, 7) is 0. The highest BCUT2D eigenvalue weighted by molar-refractivity contribution is 9.10. The Balaban J connectivity index is 2.30. The summed E-state index contributed by atoms with van der Waals surface area (Å²) in [6, 6.07) is 7.04. The van der Waals surface area contributed by atoms with Crippen molar-refractivity contribution < 1.29 is 14.3 Å². The minimum Gasteiger partial charge on any atom is -0.367 e. The van der Waals surface area contributed by atoms with E-state index in [0.717, 1.165) is 4.47 Å². The molecule has 5 nitrogen and oxygen atoms in total. The number of rotatable bonds is 3. The average Bonchev–Trinajstić information content (AvgIpc) is 2.95. The van der Waals surface area contributed by atoms with Crippen LogP contribution in [0, 0.1) is 0 Å². The van der Waals surface area contributed by atoms with E-state index in [9.17, 15) is 9.59 Å². The Kier molecular flexibility index (Phi) is 2.47. The predicted octanol–water partition coefficient (Wildman–Crippen LogP) is 0.230. The summed E-state index contributed by atoms with van der Waals surface area (Å²) < 4.78 is 5.98. The summed E-state index contributed by atoms with van der Waals surface area (Å²) >= 11 is 3.28. The van der Waals surface area contributed by atoms with Crippen LogP contribution in [-0.2, 0) is 14.3 Å². The van der Waals surface area contributed by atoms with Crippen molar-refractivity contribution in [3.05, 3.63) is 34.3 Å². The maximum absolute atomic E-state index is 11.2. The van der Waals surface area contributed by atoms with Gasteiger partial charge in [-0.05, 0) is 17.7 Å². The molecule has 1 aromatic carbocycles. The molecule has 16 heavy (non-hydrogen) atoms. The molecular weight excluding hydrogens is 276 g/mol. The first-order valence-electron chi connectivity index (χ1n) is 4.51. The summed E-state index contributed by atoms with van der Waals surface area (Å²) in [5.74, 6) is -1.71. The highest BCUT2D eigenvalue weighted by Gasteiger charge is 2.67. The number of hydrogen-bond acceptors (Lipinski definition) is 3. The number of halogens is 1. The lowest BCUT2D eigenvalue weighted by molar-refractivity contribution is -0.133. The number of benzene rings is 1. The average molecular weight is 285 g/mol. The first kappa shape index (κ1) is 11.1. The van der Waals surface area contributed by atoms with E-state index in [0.29, 0.717) is 5.56 Å². The Morgan fingerprint density at radius 3 is 2.06 bits per heavy atom. The third-order valence-electron chi connectivity index (χ3n) is 2.52. The van der Waals surface area contributed by atoms with E-state index >= 15 is 0 Å². The fraction of sp³-hybridized carbons (Fsp3) is 0.200. The molecule has 6 heteroatoms. The number of epoxide rings is 1. The molecule has 0 saturated carbocycles. The summed E-state index contributed by atoms with van der Waals surface area (Å²) in [5, 5.41) is 0. The number of primary amides is 2. The fourth-order valence-corrected chi connectivity index (χ4v) is 1.85. The fourth-order valence-electron chi connectivity index (χ4n) is 1.59. The Labute approximate surface area is 99.9 Å². The van der Waals surface area contributed by atoms with Gasteiger partial charge in [-0.2, -0.15) is 0 Å². The number of carbonyl (C=O) groups is 2. The van der Waals surface area contributed by atoms with Gasteiger partial charge in [0, 0.05) is 4.47 Å². The molecule has 0 spiro atoms. The summed E-state index contributed by atoms with van der Waals surface area (Å²) in [6.07, 6.45) is -0.671. The first-order chi connectivity index (χ1) is 7.48. The second-order valence-electron chi connectivity index (χ2n) is 3.51. The molecule has 0 bridgehead atoms. The largest absolute Gasteiger partial charge is 0.367 e. The standard InChI is InChI=1S/C10H9BrN2O3/c11-6-3-1-5(2-4-6)7-10(16-7,8(12)14)9(13)15/h1-4,7H,(H2,12,14)(H2,13,15). The van der Waals surface area contributed by atoms with Crippen molar-refractivity contribution in [3.63, 3.8) is 0 Å². The molecule has 1 aliphatic rings. The topological polar surface area (TPSA) is 98.7 Å². The second-order valence-corrected chi connectivity index (χ2v) is 4.43. The van der Waals surface area contributed by atoms with Gasteiger partial charge in [-0.25, -0.2) is 0 Å². The number of ether oxygens (including phenoxy) is 1. The number of nitrogens with two attached hydrogens (primary N) is 2. The van der Waals surface area contributed by atoms with Crippen LogP contribution in [-0.4, -0.2) is 17.4 Å². The van der Waals surface area contributed by atoms with Crippen molar-refractivity contribution in [2.75, 3.05) is 0 Å². The highest BCUT2D eigenvalue weighted by Crippen LogP contribution is 2.49. The quantitative estimate of drug-likeness (QED) is 0.614. The summed E-state index contributed by atoms with van der Waals surface area (Å²) in [7, 11) is 0. The minimum atomic E-state index is -1.67. The third kappa shape index (κ3) is 1.50. The third-order valence-corrected chi connectivity index (χ3v) is 3.05. The Hall–Kier alpha value is -1.40. The van der Waals surface area contributed by atoms with Crippen molar-refractivity contribution >= 4 is 27.7 Å². The molecule has 1 heterocycles. The molecule has 1 fully saturated rings. The lowest BCUT2D eigenvalue weighted by Gasteiger charge is -2.03. The Morgan fingerprint density at radius 2 is 1.69 bits per heavy atom. The molecule has 4 N–H and O–H groups in total. The van der Waals surface area contributed by atoms with E-state index in [1.165, 1.54) is 0 Å². The van der Waals surface area contributed by atoms with Crippen LogP contribution >= 0.6 is 15.9 Å². The zero-order valence-electron chi connectivity index (χ0n) is 8.14. The molecular formula is C10H9BrN2O3. The molecule has 1 atom stereocenters. The van der Waals surface area contributed by atoms with Gasteiger partial charge < -0.3 is 16.2 Å². The van der Waals surface area contributed by atoms with Crippen LogP contribution in [0.4, 0.5) is 0 Å². The molecule has 1 saturated heterocycles. The second kappa shape index (κ2) is 3.57. The molecule has 2 amide bonds. The lowest BCUT2D eigenvalue weighted by Crippen LogP contribution is -2.44. The smallest absolute Gasteiger partial charge is 0.262 e. The Morgan fingerprint density at radius 1 is 1.19 bits per heavy atom. The van der Waals surface area contributed by atoms with Gasteiger partial charge in [-0.1, -0.05) is 28.1 Å². The predicted molar refractivity (Wildman–Crippen MR) is 59.1 cm³/mol. The van der Waals surface area contributed by atoms with Crippen LogP contribution in [0.1, 0.15) is 11.7 Å². The van der Waals surface area contributed by atoms with Crippen molar-refractivity contribution in [1.82, 2.24) is 0 Å². The number of amides is 2. The first-order valence-corrected chi connectivity index (χ1v) is 5.31. The van der Waals surface area contributed by atoms with Crippen LogP contribution in [0.25, 0.3) is 0 Å². The van der Waals surface area contributed by atoms with Crippen LogP contribution in [0.15, 0.2) is 28.7 Å². The van der Waals surface area contributed by atoms with Gasteiger partial charge in [0.2, 0.25) is 0 Å². The van der Waals surface area contributed by atoms with Gasteiger partial charge in [0.25, 0.3) is 17.4 Å². The van der Waals surface area contributed by atoms with Gasteiger partial charge in [0.15, 0.2) is 0 Å². The van der Waals surface area contributed by atoms with Crippen molar-refractivity contribution in [2.45, 2.75) is 11.7 Å². The van der Waals surface area contributed by atoms with Gasteiger partial charge in [0.05, 0.1) is 0 Å². The molecule has 1 aromatic rings. The van der Waals surface area contributed by atoms with Gasteiger partial charge in [-0.3, -0.25) is 9.59 Å². The van der Waals surface area contributed by atoms with Gasteiger partial charge in [0.1, 0.15) is 6.10 Å². The van der Waals surface area contributed by atoms with Crippen molar-refractivity contribution in [2.24, 2.45) is 11.5 Å². The van der Waals surface area contributed by atoms with Gasteiger partial charge >= 0.3 is 0 Å². The molecule has 0 aliphatic carbocycles. The van der Waals surface area contributed by atoms with Gasteiger partial charge in [-0.15, -0.1) is 0 Å². The van der Waals surface area contributed by atoms with Crippen LogP contribution < -0.4 is 11.5 Å². The van der Waals surface area contributed by atoms with Crippen LogP contribution in [0.5, 0.6) is 0 Å². The molecule has 1 aliphatic heterocycles. The molecule has 1 unspecified atom stereocenters. The van der Waals surface area contributed by atoms with E-state index in [2.05, 4.69) is 15.9 Å². The van der Waals surface area contributed by atoms with E-state index in [1.54, 1.807) is 24.3 Å². The summed E-state index contributed by atoms with van der Waals surface area (Å²) in [5.41, 5.74) is 9.26. The van der Waals surface area contributed by atoms with Crippen molar-refractivity contribution in [3.8, 4) is 0 Å². The van der Waals surface area contributed by atoms with Crippen LogP contribution in [0.3, 0.4) is 0 Å². The van der Waals surface area contributed by atoms with E-state index in [-0.39, 0.29) is 0 Å². The normalized spacial score (nSPS) is 21.4. The monoisotopic (exact) mass is 284 g/mol. The van der Waals surface area contributed by atoms with E-state index in [4.69, 9.17) is 16.2 Å². The zero-order valence-corrected chi connectivity index (χ0v) is 9.73. The maximum atomic E-state index is 11.2. The minimum absolute atomic E-state index is 0.671. The molecule has 2 rings (SSSR count). The zero-order chi connectivity index (χ0) is 11.9. The SMILES string of the molecule is NC(=O)C1(C(N)=O)OC1c1ccc(Br)cc1. The number of carbonyl (C=O) groups excluding carboxylic acids is 2. The number of hydrogen-bond donors (Lipinski definition) is 2. The van der Waals surface area contributed by atoms with Crippen LogP contribution in [0.2, 0.25) is 0 Å². The summed E-state index contributed by atoms with van der Waals surface area (Å²) in [4.78, 5) is 22.3.